The summed E-state index contributed by atoms with van der Waals surface area (Å²) >= 11 is 2.02. The van der Waals surface area contributed by atoms with E-state index in [9.17, 15) is 0 Å². The van der Waals surface area contributed by atoms with E-state index < -0.39 is 0 Å². The number of anilines is 2. The van der Waals surface area contributed by atoms with Crippen molar-refractivity contribution >= 4 is 23.4 Å². The maximum atomic E-state index is 4.70. The maximum Gasteiger partial charge on any atom is 0.136 e. The van der Waals surface area contributed by atoms with Crippen molar-refractivity contribution in [3.8, 4) is 0 Å². The maximum absolute atomic E-state index is 4.70. The Kier molecular flexibility index (Phi) is 4.11. The Bertz CT molecular complexity index is 427. The lowest BCUT2D eigenvalue weighted by atomic mass is 10.2. The highest BCUT2D eigenvalue weighted by Crippen LogP contribution is 2.39. The van der Waals surface area contributed by atoms with Gasteiger partial charge in [-0.3, -0.25) is 0 Å². The van der Waals surface area contributed by atoms with E-state index in [-0.39, 0.29) is 0 Å². The molecule has 2 fully saturated rings. The molecule has 1 atom stereocenters. The van der Waals surface area contributed by atoms with Crippen LogP contribution in [0.25, 0.3) is 0 Å². The first-order chi connectivity index (χ1) is 9.35. The minimum atomic E-state index is 0.575. The molecule has 1 aliphatic carbocycles. The van der Waals surface area contributed by atoms with Crippen molar-refractivity contribution in [2.45, 2.75) is 44.6 Å². The van der Waals surface area contributed by atoms with Crippen LogP contribution in [0.4, 0.5) is 11.6 Å². The van der Waals surface area contributed by atoms with Gasteiger partial charge in [0.1, 0.15) is 17.5 Å². The van der Waals surface area contributed by atoms with Gasteiger partial charge in [0.2, 0.25) is 0 Å². The van der Waals surface area contributed by atoms with Crippen LogP contribution < -0.4 is 10.6 Å². The number of nitrogens with zero attached hydrogens (tertiary/aromatic N) is 2. The molecule has 1 aliphatic heterocycles. The van der Waals surface area contributed by atoms with Gasteiger partial charge in [-0.05, 0) is 31.4 Å². The van der Waals surface area contributed by atoms with Crippen molar-refractivity contribution in [1.29, 1.82) is 0 Å². The van der Waals surface area contributed by atoms with Crippen LogP contribution >= 0.6 is 11.8 Å². The van der Waals surface area contributed by atoms with E-state index in [0.29, 0.717) is 12.0 Å². The quantitative estimate of drug-likeness (QED) is 0.837. The molecule has 1 saturated heterocycles. The zero-order valence-electron chi connectivity index (χ0n) is 11.5. The highest BCUT2D eigenvalue weighted by molar-refractivity contribution is 7.99. The second-order valence-electron chi connectivity index (χ2n) is 5.40. The van der Waals surface area contributed by atoms with Gasteiger partial charge in [0, 0.05) is 30.3 Å². The third kappa shape index (κ3) is 3.53. The van der Waals surface area contributed by atoms with E-state index in [1.807, 2.05) is 11.8 Å². The average molecular weight is 278 g/mol. The van der Waals surface area contributed by atoms with Gasteiger partial charge < -0.3 is 10.6 Å². The van der Waals surface area contributed by atoms with Crippen molar-refractivity contribution in [3.05, 3.63) is 11.9 Å². The van der Waals surface area contributed by atoms with Crippen molar-refractivity contribution in [2.75, 3.05) is 28.7 Å². The molecule has 4 nitrogen and oxygen atoms in total. The molecular formula is C14H22N4S. The molecular weight excluding hydrogens is 256 g/mol. The van der Waals surface area contributed by atoms with Crippen LogP contribution in [0.5, 0.6) is 0 Å². The number of rotatable bonds is 6. The van der Waals surface area contributed by atoms with Gasteiger partial charge in [0.05, 0.1) is 0 Å². The molecule has 0 radical (unpaired) electrons. The van der Waals surface area contributed by atoms with Crippen LogP contribution in [0.15, 0.2) is 6.07 Å². The van der Waals surface area contributed by atoms with Crippen molar-refractivity contribution in [3.63, 3.8) is 0 Å². The molecule has 2 aliphatic rings. The number of thioether (sulfide) groups is 1. The topological polar surface area (TPSA) is 49.8 Å². The fraction of sp³-hybridized carbons (Fsp3) is 0.714. The Labute approximate surface area is 119 Å². The second kappa shape index (κ2) is 5.99. The van der Waals surface area contributed by atoms with Gasteiger partial charge in [0.15, 0.2) is 0 Å². The first kappa shape index (κ1) is 13.0. The Hall–Kier alpha value is -0.970. The summed E-state index contributed by atoms with van der Waals surface area (Å²) in [5, 5.41) is 6.96. The van der Waals surface area contributed by atoms with E-state index in [4.69, 9.17) is 4.98 Å². The molecule has 19 heavy (non-hydrogen) atoms. The Morgan fingerprint density at radius 2 is 2.11 bits per heavy atom. The minimum Gasteiger partial charge on any atom is -0.370 e. The fourth-order valence-corrected chi connectivity index (χ4v) is 3.42. The second-order valence-corrected chi connectivity index (χ2v) is 6.55. The summed E-state index contributed by atoms with van der Waals surface area (Å²) in [5.74, 6) is 6.06. The van der Waals surface area contributed by atoms with Crippen LogP contribution in [0.3, 0.4) is 0 Å². The SMILES string of the molecule is CCCNc1cc(NC2CCSC2)nc(C2CC2)n1. The minimum absolute atomic E-state index is 0.575. The van der Waals surface area contributed by atoms with E-state index >= 15 is 0 Å². The van der Waals surface area contributed by atoms with Gasteiger partial charge in [-0.15, -0.1) is 0 Å². The van der Waals surface area contributed by atoms with Crippen LogP contribution in [-0.2, 0) is 0 Å². The normalized spacial score (nSPS) is 22.5. The molecule has 0 bridgehead atoms. The Balaban J connectivity index is 1.74. The lowest BCUT2D eigenvalue weighted by Crippen LogP contribution is -2.19. The highest BCUT2D eigenvalue weighted by atomic mass is 32.2. The molecule has 3 rings (SSSR count). The predicted octanol–water partition coefficient (Wildman–Crippen LogP) is 3.09. The van der Waals surface area contributed by atoms with Gasteiger partial charge in [-0.25, -0.2) is 9.97 Å². The zero-order chi connectivity index (χ0) is 13.1. The third-order valence-corrected chi connectivity index (χ3v) is 4.69. The zero-order valence-corrected chi connectivity index (χ0v) is 12.3. The molecule has 0 spiro atoms. The lowest BCUT2D eigenvalue weighted by molar-refractivity contribution is 0.799. The fourth-order valence-electron chi connectivity index (χ4n) is 2.27. The first-order valence-corrected chi connectivity index (χ1v) is 8.47. The Morgan fingerprint density at radius 1 is 1.26 bits per heavy atom. The van der Waals surface area contributed by atoms with Crippen LogP contribution in [-0.4, -0.2) is 34.1 Å². The summed E-state index contributed by atoms with van der Waals surface area (Å²) in [6.45, 7) is 3.14. The summed E-state index contributed by atoms with van der Waals surface area (Å²) in [7, 11) is 0. The van der Waals surface area contributed by atoms with E-state index in [1.54, 1.807) is 0 Å². The number of nitrogens with one attached hydrogen (secondary N) is 2. The highest BCUT2D eigenvalue weighted by Gasteiger charge is 2.27. The standard InChI is InChI=1S/C14H22N4S/c1-2-6-15-12-8-13(16-11-5-7-19-9-11)18-14(17-12)10-3-4-10/h8,10-11H,2-7,9H2,1H3,(H2,15,16,17,18). The predicted molar refractivity (Wildman–Crippen MR) is 82.1 cm³/mol. The van der Waals surface area contributed by atoms with Crippen molar-refractivity contribution < 1.29 is 0 Å². The van der Waals surface area contributed by atoms with Crippen molar-refractivity contribution in [2.24, 2.45) is 0 Å². The molecule has 5 heteroatoms. The summed E-state index contributed by atoms with van der Waals surface area (Å²) < 4.78 is 0. The molecule has 2 heterocycles. The van der Waals surface area contributed by atoms with Crippen molar-refractivity contribution in [1.82, 2.24) is 9.97 Å². The van der Waals surface area contributed by atoms with Gasteiger partial charge in [-0.1, -0.05) is 6.92 Å². The lowest BCUT2D eigenvalue weighted by Gasteiger charge is -2.14. The summed E-state index contributed by atoms with van der Waals surface area (Å²) in [6, 6.07) is 2.64. The summed E-state index contributed by atoms with van der Waals surface area (Å²) in [4.78, 5) is 9.34. The number of hydrogen-bond donors (Lipinski definition) is 2. The largest absolute Gasteiger partial charge is 0.370 e. The van der Waals surface area contributed by atoms with E-state index in [2.05, 4.69) is 28.6 Å². The molecule has 1 aromatic heterocycles. The third-order valence-electron chi connectivity index (χ3n) is 3.52. The van der Waals surface area contributed by atoms with Crippen LogP contribution in [0.2, 0.25) is 0 Å². The first-order valence-electron chi connectivity index (χ1n) is 7.32. The Morgan fingerprint density at radius 3 is 2.79 bits per heavy atom. The molecule has 1 aromatic rings. The van der Waals surface area contributed by atoms with Gasteiger partial charge >= 0.3 is 0 Å². The van der Waals surface area contributed by atoms with Gasteiger partial charge in [0.25, 0.3) is 0 Å². The molecule has 104 valence electrons. The smallest absolute Gasteiger partial charge is 0.136 e. The molecule has 0 amide bonds. The average Bonchev–Trinajstić information content (AvgIpc) is 3.16. The molecule has 2 N–H and O–H groups in total. The molecule has 1 unspecified atom stereocenters. The number of aromatic nitrogens is 2. The van der Waals surface area contributed by atoms with Crippen LogP contribution in [0, 0.1) is 0 Å². The van der Waals surface area contributed by atoms with E-state index in [1.165, 1.54) is 30.8 Å². The summed E-state index contributed by atoms with van der Waals surface area (Å²) in [5.41, 5.74) is 0. The number of hydrogen-bond acceptors (Lipinski definition) is 5. The van der Waals surface area contributed by atoms with E-state index in [0.717, 1.165) is 30.4 Å². The van der Waals surface area contributed by atoms with Gasteiger partial charge in [-0.2, -0.15) is 11.8 Å². The molecule has 0 aromatic carbocycles. The summed E-state index contributed by atoms with van der Waals surface area (Å²) in [6.07, 6.45) is 4.85. The molecule has 1 saturated carbocycles. The van der Waals surface area contributed by atoms with Crippen LogP contribution in [0.1, 0.15) is 44.3 Å². The monoisotopic (exact) mass is 278 g/mol.